The Kier molecular flexibility index (Phi) is 4.36. The Morgan fingerprint density at radius 2 is 1.75 bits per heavy atom. The number of ether oxygens (including phenoxy) is 1. The number of nitrogens with two attached hydrogens (primary N) is 1. The normalized spacial score (nSPS) is 12.2. The summed E-state index contributed by atoms with van der Waals surface area (Å²) >= 11 is 0. The van der Waals surface area contributed by atoms with Gasteiger partial charge in [0.1, 0.15) is 11.6 Å². The van der Waals surface area contributed by atoms with Gasteiger partial charge in [-0.25, -0.2) is 9.97 Å². The van der Waals surface area contributed by atoms with E-state index in [1.807, 2.05) is 51.4 Å². The third-order valence-electron chi connectivity index (χ3n) is 4.11. The maximum Gasteiger partial charge on any atom is 0.126 e. The molecule has 0 aliphatic heterocycles. The number of nitrogens with zero attached hydrogens (tertiary/aromatic N) is 3. The zero-order valence-electron chi connectivity index (χ0n) is 14.4. The zero-order valence-corrected chi connectivity index (χ0v) is 14.4. The number of rotatable bonds is 4. The molecule has 2 aromatic carbocycles. The van der Waals surface area contributed by atoms with Crippen LogP contribution < -0.4 is 15.4 Å². The molecule has 0 fully saturated rings. The van der Waals surface area contributed by atoms with Crippen LogP contribution in [0.25, 0.3) is 10.9 Å². The van der Waals surface area contributed by atoms with Crippen molar-refractivity contribution < 1.29 is 4.74 Å². The number of aromatic nitrogens is 2. The molecule has 0 spiro atoms. The highest BCUT2D eigenvalue weighted by atomic mass is 16.5. The minimum absolute atomic E-state index is 0.322. The molecule has 0 saturated heterocycles. The van der Waals surface area contributed by atoms with E-state index in [4.69, 9.17) is 10.5 Å². The molecule has 0 bridgehead atoms. The Labute approximate surface area is 142 Å². The molecule has 0 radical (unpaired) electrons. The molecule has 3 rings (SSSR count). The van der Waals surface area contributed by atoms with Gasteiger partial charge in [0.25, 0.3) is 0 Å². The van der Waals surface area contributed by atoms with Crippen LogP contribution in [0.15, 0.2) is 42.5 Å². The van der Waals surface area contributed by atoms with E-state index in [1.54, 1.807) is 7.11 Å². The van der Waals surface area contributed by atoms with Gasteiger partial charge >= 0.3 is 0 Å². The van der Waals surface area contributed by atoms with Gasteiger partial charge in [-0.05, 0) is 42.8 Å². The van der Waals surface area contributed by atoms with Crippen LogP contribution in [0, 0.1) is 6.92 Å². The fourth-order valence-electron chi connectivity index (χ4n) is 2.74. The number of hydrogen-bond acceptors (Lipinski definition) is 5. The van der Waals surface area contributed by atoms with Crippen LogP contribution in [-0.4, -0.2) is 31.2 Å². The molecular weight excluding hydrogens is 300 g/mol. The molecule has 2 N–H and O–H groups in total. The van der Waals surface area contributed by atoms with Gasteiger partial charge in [0, 0.05) is 25.2 Å². The average Bonchev–Trinajstić information content (AvgIpc) is 2.60. The number of fused-ring (bicyclic) bond motifs is 1. The average molecular weight is 322 g/mol. The van der Waals surface area contributed by atoms with E-state index >= 15 is 0 Å². The highest BCUT2D eigenvalue weighted by Crippen LogP contribution is 2.28. The second-order valence-corrected chi connectivity index (χ2v) is 6.00. The standard InChI is InChI=1S/C19H22N4O/c1-12-21-17-10-7-14(23(2)3)11-16(17)19(22-12)18(20)13-5-8-15(24-4)9-6-13/h5-11,18H,20H2,1-4H3. The number of anilines is 1. The summed E-state index contributed by atoms with van der Waals surface area (Å²) in [6.07, 6.45) is 0. The Bertz CT molecular complexity index is 859. The number of hydrogen-bond donors (Lipinski definition) is 1. The molecule has 0 saturated carbocycles. The highest BCUT2D eigenvalue weighted by Gasteiger charge is 2.16. The van der Waals surface area contributed by atoms with Crippen LogP contribution in [0.1, 0.15) is 23.1 Å². The first-order valence-corrected chi connectivity index (χ1v) is 7.84. The van der Waals surface area contributed by atoms with E-state index in [-0.39, 0.29) is 6.04 Å². The van der Waals surface area contributed by atoms with E-state index < -0.39 is 0 Å². The van der Waals surface area contributed by atoms with Gasteiger partial charge in [0.2, 0.25) is 0 Å². The molecule has 1 aromatic heterocycles. The zero-order chi connectivity index (χ0) is 17.3. The predicted octanol–water partition coefficient (Wildman–Crippen LogP) is 3.06. The fourth-order valence-corrected chi connectivity index (χ4v) is 2.74. The molecule has 3 aromatic rings. The molecule has 0 aliphatic rings. The van der Waals surface area contributed by atoms with Crippen LogP contribution in [0.2, 0.25) is 0 Å². The third kappa shape index (κ3) is 3.03. The monoisotopic (exact) mass is 322 g/mol. The smallest absolute Gasteiger partial charge is 0.126 e. The molecule has 1 heterocycles. The Balaban J connectivity index is 2.13. The van der Waals surface area contributed by atoms with Gasteiger partial charge in [-0.2, -0.15) is 0 Å². The van der Waals surface area contributed by atoms with Crippen molar-refractivity contribution in [1.29, 1.82) is 0 Å². The Morgan fingerprint density at radius 3 is 2.38 bits per heavy atom. The van der Waals surface area contributed by atoms with E-state index in [2.05, 4.69) is 27.0 Å². The maximum atomic E-state index is 6.52. The highest BCUT2D eigenvalue weighted by molar-refractivity contribution is 5.85. The lowest BCUT2D eigenvalue weighted by molar-refractivity contribution is 0.414. The van der Waals surface area contributed by atoms with Crippen molar-refractivity contribution in [2.75, 3.05) is 26.1 Å². The van der Waals surface area contributed by atoms with Gasteiger partial charge in [0.05, 0.1) is 24.4 Å². The quantitative estimate of drug-likeness (QED) is 0.800. The van der Waals surface area contributed by atoms with Crippen LogP contribution in [0.3, 0.4) is 0 Å². The Morgan fingerprint density at radius 1 is 1.04 bits per heavy atom. The molecular formula is C19H22N4O. The van der Waals surface area contributed by atoms with Crippen LogP contribution >= 0.6 is 0 Å². The fraction of sp³-hybridized carbons (Fsp3) is 0.263. The van der Waals surface area contributed by atoms with Crippen LogP contribution in [0.5, 0.6) is 5.75 Å². The third-order valence-corrected chi connectivity index (χ3v) is 4.11. The summed E-state index contributed by atoms with van der Waals surface area (Å²) in [6.45, 7) is 1.89. The Hall–Kier alpha value is -2.66. The predicted molar refractivity (Wildman–Crippen MR) is 97.6 cm³/mol. The first-order chi connectivity index (χ1) is 11.5. The van der Waals surface area contributed by atoms with E-state index in [1.165, 1.54) is 0 Å². The van der Waals surface area contributed by atoms with Gasteiger partial charge in [-0.15, -0.1) is 0 Å². The second-order valence-electron chi connectivity index (χ2n) is 6.00. The van der Waals surface area contributed by atoms with Gasteiger partial charge < -0.3 is 15.4 Å². The summed E-state index contributed by atoms with van der Waals surface area (Å²) in [5.41, 5.74) is 10.4. The van der Waals surface area contributed by atoms with Crippen LogP contribution in [0.4, 0.5) is 5.69 Å². The molecule has 1 atom stereocenters. The lowest BCUT2D eigenvalue weighted by atomic mass is 10.00. The van der Waals surface area contributed by atoms with E-state index in [0.717, 1.165) is 39.4 Å². The lowest BCUT2D eigenvalue weighted by Gasteiger charge is -2.18. The van der Waals surface area contributed by atoms with E-state index in [9.17, 15) is 0 Å². The molecule has 0 amide bonds. The first-order valence-electron chi connectivity index (χ1n) is 7.84. The topological polar surface area (TPSA) is 64.3 Å². The number of benzene rings is 2. The molecule has 124 valence electrons. The summed E-state index contributed by atoms with van der Waals surface area (Å²) in [7, 11) is 5.68. The van der Waals surface area contributed by atoms with Crippen molar-refractivity contribution in [3.05, 3.63) is 59.5 Å². The number of methoxy groups -OCH3 is 1. The van der Waals surface area contributed by atoms with Crippen molar-refractivity contribution in [2.24, 2.45) is 5.73 Å². The minimum atomic E-state index is -0.322. The maximum absolute atomic E-state index is 6.52. The van der Waals surface area contributed by atoms with Crippen molar-refractivity contribution in [3.8, 4) is 5.75 Å². The molecule has 5 heteroatoms. The number of aryl methyl sites for hydroxylation is 1. The molecule has 5 nitrogen and oxygen atoms in total. The van der Waals surface area contributed by atoms with Gasteiger partial charge in [-0.1, -0.05) is 12.1 Å². The first kappa shape index (κ1) is 16.2. The van der Waals surface area contributed by atoms with Crippen molar-refractivity contribution in [3.63, 3.8) is 0 Å². The molecule has 1 unspecified atom stereocenters. The summed E-state index contributed by atoms with van der Waals surface area (Å²) in [5.74, 6) is 1.53. The van der Waals surface area contributed by atoms with E-state index in [0.29, 0.717) is 0 Å². The van der Waals surface area contributed by atoms with Crippen molar-refractivity contribution >= 4 is 16.6 Å². The summed E-state index contributed by atoms with van der Waals surface area (Å²) in [4.78, 5) is 11.2. The molecule has 0 aliphatic carbocycles. The van der Waals surface area contributed by atoms with Gasteiger partial charge in [0.15, 0.2) is 0 Å². The largest absolute Gasteiger partial charge is 0.497 e. The SMILES string of the molecule is COc1ccc(C(N)c2nc(C)nc3ccc(N(C)C)cc23)cc1. The molecule has 24 heavy (non-hydrogen) atoms. The van der Waals surface area contributed by atoms with Crippen LogP contribution in [-0.2, 0) is 0 Å². The minimum Gasteiger partial charge on any atom is -0.497 e. The second kappa shape index (κ2) is 6.45. The van der Waals surface area contributed by atoms with Crippen molar-refractivity contribution in [1.82, 2.24) is 9.97 Å². The van der Waals surface area contributed by atoms with Crippen molar-refractivity contribution in [2.45, 2.75) is 13.0 Å². The summed E-state index contributed by atoms with van der Waals surface area (Å²) in [5, 5.41) is 0.982. The van der Waals surface area contributed by atoms with Gasteiger partial charge in [-0.3, -0.25) is 0 Å². The summed E-state index contributed by atoms with van der Waals surface area (Å²) in [6, 6.07) is 13.6. The lowest BCUT2D eigenvalue weighted by Crippen LogP contribution is -2.16. The summed E-state index contributed by atoms with van der Waals surface area (Å²) < 4.78 is 5.21.